The minimum Gasteiger partial charge on any atom is -0.388 e. The average molecular weight is 353 g/mol. The summed E-state index contributed by atoms with van der Waals surface area (Å²) in [5.74, 6) is 0. The third-order valence-corrected chi connectivity index (χ3v) is 6.18. The molecule has 1 aliphatic rings. The van der Waals surface area contributed by atoms with Crippen LogP contribution >= 0.6 is 0 Å². The van der Waals surface area contributed by atoms with Gasteiger partial charge in [0.1, 0.15) is 0 Å². The van der Waals surface area contributed by atoms with Crippen molar-refractivity contribution in [1.82, 2.24) is 4.72 Å². The van der Waals surface area contributed by atoms with E-state index >= 15 is 0 Å². The maximum absolute atomic E-state index is 12.6. The molecule has 0 aromatic heterocycles. The monoisotopic (exact) mass is 353 g/mol. The van der Waals surface area contributed by atoms with Crippen molar-refractivity contribution < 1.29 is 13.5 Å². The van der Waals surface area contributed by atoms with Crippen LogP contribution in [0.1, 0.15) is 11.1 Å². The number of rotatable bonds is 4. The van der Waals surface area contributed by atoms with Gasteiger partial charge in [0.05, 0.1) is 10.5 Å². The summed E-state index contributed by atoms with van der Waals surface area (Å²) < 4.78 is 27.8. The Labute approximate surface area is 147 Å². The zero-order valence-corrected chi connectivity index (χ0v) is 14.5. The molecule has 0 fully saturated rings. The van der Waals surface area contributed by atoms with Gasteiger partial charge in [-0.15, -0.1) is 0 Å². The third-order valence-electron chi connectivity index (χ3n) is 4.78. The van der Waals surface area contributed by atoms with Crippen LogP contribution in [0.15, 0.2) is 71.6 Å². The molecule has 0 aliphatic heterocycles. The lowest BCUT2D eigenvalue weighted by Crippen LogP contribution is -2.43. The van der Waals surface area contributed by atoms with Crippen LogP contribution in [0.4, 0.5) is 0 Å². The second-order valence-electron chi connectivity index (χ2n) is 6.68. The molecule has 0 spiro atoms. The molecular weight excluding hydrogens is 334 g/mol. The van der Waals surface area contributed by atoms with Crippen LogP contribution < -0.4 is 4.72 Å². The van der Waals surface area contributed by atoms with Crippen molar-refractivity contribution in [1.29, 1.82) is 0 Å². The lowest BCUT2D eigenvalue weighted by Gasteiger charge is -2.22. The Morgan fingerprint density at radius 2 is 1.48 bits per heavy atom. The van der Waals surface area contributed by atoms with Gasteiger partial charge in [-0.3, -0.25) is 0 Å². The first-order chi connectivity index (χ1) is 12.0. The van der Waals surface area contributed by atoms with Gasteiger partial charge in [-0.1, -0.05) is 54.6 Å². The highest BCUT2D eigenvalue weighted by molar-refractivity contribution is 7.89. The van der Waals surface area contributed by atoms with E-state index in [2.05, 4.69) is 4.72 Å². The number of aliphatic hydroxyl groups is 1. The van der Waals surface area contributed by atoms with Crippen LogP contribution in [0.2, 0.25) is 0 Å². The lowest BCUT2D eigenvalue weighted by molar-refractivity contribution is 0.0567. The van der Waals surface area contributed by atoms with Gasteiger partial charge in [-0.2, -0.15) is 0 Å². The number of hydrogen-bond donors (Lipinski definition) is 2. The smallest absolute Gasteiger partial charge is 0.240 e. The summed E-state index contributed by atoms with van der Waals surface area (Å²) in [6, 6.07) is 20.5. The molecular formula is C20H19NO3S. The fourth-order valence-electron chi connectivity index (χ4n) is 3.45. The molecule has 0 heterocycles. The summed E-state index contributed by atoms with van der Waals surface area (Å²) in [5.41, 5.74) is 1.08. The highest BCUT2D eigenvalue weighted by Crippen LogP contribution is 2.30. The zero-order valence-electron chi connectivity index (χ0n) is 13.6. The molecule has 0 bridgehead atoms. The standard InChI is InChI=1S/C20H19NO3S/c22-20(12-17-7-3-4-8-18(17)13-20)14-21-25(23,24)19-10-9-15-5-1-2-6-16(15)11-19/h1-11,21-22H,12-14H2. The fourth-order valence-corrected chi connectivity index (χ4v) is 4.60. The van der Waals surface area contributed by atoms with Crippen LogP contribution in [-0.4, -0.2) is 25.7 Å². The van der Waals surface area contributed by atoms with E-state index in [-0.39, 0.29) is 11.4 Å². The molecule has 0 amide bonds. The average Bonchev–Trinajstić information content (AvgIpc) is 2.96. The lowest BCUT2D eigenvalue weighted by atomic mass is 10.0. The highest BCUT2D eigenvalue weighted by Gasteiger charge is 2.36. The number of fused-ring (bicyclic) bond motifs is 2. The van der Waals surface area contributed by atoms with Crippen molar-refractivity contribution in [3.8, 4) is 0 Å². The molecule has 0 saturated carbocycles. The summed E-state index contributed by atoms with van der Waals surface area (Å²) in [6.07, 6.45) is 0.923. The Hall–Kier alpha value is -2.21. The van der Waals surface area contributed by atoms with E-state index in [1.807, 2.05) is 48.5 Å². The van der Waals surface area contributed by atoms with Crippen molar-refractivity contribution in [2.45, 2.75) is 23.3 Å². The molecule has 0 radical (unpaired) electrons. The summed E-state index contributed by atoms with van der Waals surface area (Å²) in [5, 5.41) is 12.6. The molecule has 2 N–H and O–H groups in total. The maximum Gasteiger partial charge on any atom is 0.240 e. The van der Waals surface area contributed by atoms with Gasteiger partial charge in [0.2, 0.25) is 10.0 Å². The van der Waals surface area contributed by atoms with E-state index in [1.165, 1.54) is 0 Å². The van der Waals surface area contributed by atoms with E-state index < -0.39 is 15.6 Å². The minimum absolute atomic E-state index is 0.00313. The Bertz CT molecular complexity index is 1020. The molecule has 4 rings (SSSR count). The van der Waals surface area contributed by atoms with Crippen LogP contribution in [0.3, 0.4) is 0 Å². The molecule has 25 heavy (non-hydrogen) atoms. The van der Waals surface area contributed by atoms with Crippen LogP contribution in [0.5, 0.6) is 0 Å². The normalized spacial score (nSPS) is 16.0. The number of benzene rings is 3. The van der Waals surface area contributed by atoms with Gasteiger partial charge in [0.25, 0.3) is 0 Å². The zero-order chi connectivity index (χ0) is 17.5. The first-order valence-corrected chi connectivity index (χ1v) is 9.71. The van der Waals surface area contributed by atoms with E-state index in [9.17, 15) is 13.5 Å². The molecule has 1 aliphatic carbocycles. The van der Waals surface area contributed by atoms with E-state index in [4.69, 9.17) is 0 Å². The van der Waals surface area contributed by atoms with Gasteiger partial charge < -0.3 is 5.11 Å². The summed E-state index contributed by atoms with van der Waals surface area (Å²) in [4.78, 5) is 0.213. The fraction of sp³-hybridized carbons (Fsp3) is 0.200. The maximum atomic E-state index is 12.6. The van der Waals surface area contributed by atoms with Crippen molar-refractivity contribution in [2.75, 3.05) is 6.54 Å². The second kappa shape index (κ2) is 5.95. The van der Waals surface area contributed by atoms with Crippen molar-refractivity contribution in [3.63, 3.8) is 0 Å². The molecule has 0 unspecified atom stereocenters. The molecule has 128 valence electrons. The Balaban J connectivity index is 1.53. The predicted octanol–water partition coefficient (Wildman–Crippen LogP) is 2.65. The molecule has 4 nitrogen and oxygen atoms in total. The SMILES string of the molecule is O=S(=O)(NCC1(O)Cc2ccccc2C1)c1ccc2ccccc2c1. The second-order valence-corrected chi connectivity index (χ2v) is 8.45. The number of hydrogen-bond acceptors (Lipinski definition) is 3. The van der Waals surface area contributed by atoms with E-state index in [0.29, 0.717) is 12.8 Å². The molecule has 3 aromatic rings. The molecule has 0 saturated heterocycles. The Morgan fingerprint density at radius 1 is 0.880 bits per heavy atom. The van der Waals surface area contributed by atoms with Crippen molar-refractivity contribution in [3.05, 3.63) is 77.9 Å². The van der Waals surface area contributed by atoms with Gasteiger partial charge in [-0.05, 0) is 34.0 Å². The van der Waals surface area contributed by atoms with Gasteiger partial charge in [0, 0.05) is 19.4 Å². The molecule has 0 atom stereocenters. The van der Waals surface area contributed by atoms with Gasteiger partial charge in [-0.25, -0.2) is 13.1 Å². The highest BCUT2D eigenvalue weighted by atomic mass is 32.2. The number of sulfonamides is 1. The van der Waals surface area contributed by atoms with Gasteiger partial charge >= 0.3 is 0 Å². The first kappa shape index (κ1) is 16.3. The summed E-state index contributed by atoms with van der Waals surface area (Å²) in [7, 11) is -3.67. The quantitative estimate of drug-likeness (QED) is 0.758. The van der Waals surface area contributed by atoms with E-state index in [0.717, 1.165) is 21.9 Å². The van der Waals surface area contributed by atoms with Crippen molar-refractivity contribution >= 4 is 20.8 Å². The van der Waals surface area contributed by atoms with Gasteiger partial charge in [0.15, 0.2) is 0 Å². The number of nitrogens with one attached hydrogen (secondary N) is 1. The van der Waals surface area contributed by atoms with E-state index in [1.54, 1.807) is 18.2 Å². The topological polar surface area (TPSA) is 66.4 Å². The van der Waals surface area contributed by atoms with Crippen LogP contribution in [0, 0.1) is 0 Å². The van der Waals surface area contributed by atoms with Crippen LogP contribution in [0.25, 0.3) is 10.8 Å². The molecule has 3 aromatic carbocycles. The largest absolute Gasteiger partial charge is 0.388 e. The first-order valence-electron chi connectivity index (χ1n) is 8.23. The predicted molar refractivity (Wildman–Crippen MR) is 97.9 cm³/mol. The van der Waals surface area contributed by atoms with Crippen LogP contribution in [-0.2, 0) is 22.9 Å². The minimum atomic E-state index is -3.67. The summed E-state index contributed by atoms with van der Waals surface area (Å²) in [6.45, 7) is -0.00313. The summed E-state index contributed by atoms with van der Waals surface area (Å²) >= 11 is 0. The Kier molecular flexibility index (Phi) is 3.87. The van der Waals surface area contributed by atoms with Crippen molar-refractivity contribution in [2.24, 2.45) is 0 Å². The third kappa shape index (κ3) is 3.18. The Morgan fingerprint density at radius 3 is 2.16 bits per heavy atom. The molecule has 5 heteroatoms.